The van der Waals surface area contributed by atoms with Crippen LogP contribution in [0.1, 0.15) is 30.4 Å². The van der Waals surface area contributed by atoms with Crippen LogP contribution in [0.15, 0.2) is 42.3 Å². The van der Waals surface area contributed by atoms with Gasteiger partial charge >= 0.3 is 0 Å². The molecule has 1 aliphatic rings. The van der Waals surface area contributed by atoms with Crippen LogP contribution >= 0.6 is 0 Å². The van der Waals surface area contributed by atoms with Gasteiger partial charge in [-0.3, -0.25) is 4.98 Å². The molecule has 0 spiro atoms. The summed E-state index contributed by atoms with van der Waals surface area (Å²) in [5.74, 6) is 0.521. The molecule has 2 rings (SSSR count). The molecular formula is C13H15N. The van der Waals surface area contributed by atoms with Crippen molar-refractivity contribution in [1.29, 1.82) is 0 Å². The van der Waals surface area contributed by atoms with E-state index in [9.17, 15) is 0 Å². The molecule has 0 N–H and O–H groups in total. The molecule has 0 aliphatic heterocycles. The standard InChI is InChI=1S/C13H15N/c1-10-4-3-5-12(6-10)13-7-11(2)8-14-9-13/h3-5,7-9,12H,6H2,1-2H3. The van der Waals surface area contributed by atoms with Gasteiger partial charge in [-0.25, -0.2) is 0 Å². The number of hydrogen-bond acceptors (Lipinski definition) is 1. The number of allylic oxidation sites excluding steroid dienone is 4. The molecule has 1 atom stereocenters. The second-order valence-corrected chi connectivity index (χ2v) is 4.00. The van der Waals surface area contributed by atoms with Crippen molar-refractivity contribution in [3.63, 3.8) is 0 Å². The van der Waals surface area contributed by atoms with E-state index in [4.69, 9.17) is 0 Å². The molecule has 0 fully saturated rings. The van der Waals surface area contributed by atoms with Gasteiger partial charge in [0.05, 0.1) is 0 Å². The molecule has 1 aromatic heterocycles. The van der Waals surface area contributed by atoms with Gasteiger partial charge in [0.2, 0.25) is 0 Å². The van der Waals surface area contributed by atoms with Gasteiger partial charge in [-0.05, 0) is 31.4 Å². The number of aromatic nitrogens is 1. The minimum Gasteiger partial charge on any atom is -0.264 e. The van der Waals surface area contributed by atoms with Crippen molar-refractivity contribution in [2.75, 3.05) is 0 Å². The van der Waals surface area contributed by atoms with Crippen LogP contribution in [-0.4, -0.2) is 4.98 Å². The average Bonchev–Trinajstić information content (AvgIpc) is 2.18. The SMILES string of the molecule is CC1=CC=CC(c2cncc(C)c2)C1. The molecule has 1 heterocycles. The molecule has 0 saturated carbocycles. The third-order valence-corrected chi connectivity index (χ3v) is 2.59. The largest absolute Gasteiger partial charge is 0.264 e. The van der Waals surface area contributed by atoms with Crippen LogP contribution in [0.4, 0.5) is 0 Å². The third-order valence-electron chi connectivity index (χ3n) is 2.59. The highest BCUT2D eigenvalue weighted by atomic mass is 14.6. The maximum absolute atomic E-state index is 4.23. The van der Waals surface area contributed by atoms with Gasteiger partial charge in [0.1, 0.15) is 0 Å². The Labute approximate surface area is 85.2 Å². The number of aryl methyl sites for hydroxylation is 1. The Morgan fingerprint density at radius 2 is 2.14 bits per heavy atom. The van der Waals surface area contributed by atoms with Crippen molar-refractivity contribution in [2.45, 2.75) is 26.2 Å². The van der Waals surface area contributed by atoms with Gasteiger partial charge in [0, 0.05) is 18.3 Å². The first-order valence-electron chi connectivity index (χ1n) is 5.01. The predicted molar refractivity (Wildman–Crippen MR) is 59.2 cm³/mol. The molecule has 0 radical (unpaired) electrons. The highest BCUT2D eigenvalue weighted by Gasteiger charge is 2.11. The molecular weight excluding hydrogens is 170 g/mol. The Morgan fingerprint density at radius 1 is 1.29 bits per heavy atom. The first-order chi connectivity index (χ1) is 6.75. The summed E-state index contributed by atoms with van der Waals surface area (Å²) in [5.41, 5.74) is 4.01. The van der Waals surface area contributed by atoms with Crippen LogP contribution in [0.25, 0.3) is 0 Å². The summed E-state index contributed by atoms with van der Waals surface area (Å²) < 4.78 is 0. The lowest BCUT2D eigenvalue weighted by atomic mass is 9.89. The minimum atomic E-state index is 0.521. The van der Waals surface area contributed by atoms with Crippen molar-refractivity contribution in [3.8, 4) is 0 Å². The fraction of sp³-hybridized carbons (Fsp3) is 0.308. The van der Waals surface area contributed by atoms with Crippen molar-refractivity contribution < 1.29 is 0 Å². The summed E-state index contributed by atoms with van der Waals surface area (Å²) in [7, 11) is 0. The summed E-state index contributed by atoms with van der Waals surface area (Å²) in [6.45, 7) is 4.27. The maximum atomic E-state index is 4.23. The molecule has 1 aliphatic carbocycles. The van der Waals surface area contributed by atoms with E-state index in [1.807, 2.05) is 12.4 Å². The van der Waals surface area contributed by atoms with E-state index < -0.39 is 0 Å². The second kappa shape index (κ2) is 3.79. The first-order valence-corrected chi connectivity index (χ1v) is 5.01. The van der Waals surface area contributed by atoms with E-state index in [1.54, 1.807) is 0 Å². The van der Waals surface area contributed by atoms with Gasteiger partial charge in [-0.1, -0.05) is 29.9 Å². The Morgan fingerprint density at radius 3 is 2.86 bits per heavy atom. The van der Waals surface area contributed by atoms with E-state index in [1.165, 1.54) is 16.7 Å². The Balaban J connectivity index is 2.25. The lowest BCUT2D eigenvalue weighted by Crippen LogP contribution is -2.00. The molecule has 1 heteroatoms. The molecule has 0 aromatic carbocycles. The molecule has 72 valence electrons. The third kappa shape index (κ3) is 1.92. The monoisotopic (exact) mass is 185 g/mol. The van der Waals surface area contributed by atoms with E-state index in [-0.39, 0.29) is 0 Å². The fourth-order valence-electron chi connectivity index (χ4n) is 1.85. The molecule has 1 nitrogen and oxygen atoms in total. The van der Waals surface area contributed by atoms with E-state index in [0.29, 0.717) is 5.92 Å². The maximum Gasteiger partial charge on any atom is 0.0306 e. The highest BCUT2D eigenvalue weighted by molar-refractivity contribution is 5.31. The molecule has 0 amide bonds. The zero-order valence-corrected chi connectivity index (χ0v) is 8.70. The second-order valence-electron chi connectivity index (χ2n) is 4.00. The number of rotatable bonds is 1. The van der Waals surface area contributed by atoms with Gasteiger partial charge in [-0.2, -0.15) is 0 Å². The summed E-state index contributed by atoms with van der Waals surface area (Å²) in [4.78, 5) is 4.23. The summed E-state index contributed by atoms with van der Waals surface area (Å²) in [5, 5.41) is 0. The lowest BCUT2D eigenvalue weighted by Gasteiger charge is -2.16. The van der Waals surface area contributed by atoms with Gasteiger partial charge in [0.15, 0.2) is 0 Å². The van der Waals surface area contributed by atoms with Crippen molar-refractivity contribution in [2.24, 2.45) is 0 Å². The van der Waals surface area contributed by atoms with Crippen molar-refractivity contribution in [1.82, 2.24) is 4.98 Å². The van der Waals surface area contributed by atoms with E-state index >= 15 is 0 Å². The van der Waals surface area contributed by atoms with E-state index in [0.717, 1.165) is 6.42 Å². The Bertz CT molecular complexity index is 388. The van der Waals surface area contributed by atoms with Crippen LogP contribution in [-0.2, 0) is 0 Å². The van der Waals surface area contributed by atoms with Crippen LogP contribution in [0.5, 0.6) is 0 Å². The smallest absolute Gasteiger partial charge is 0.0306 e. The topological polar surface area (TPSA) is 12.9 Å². The summed E-state index contributed by atoms with van der Waals surface area (Å²) in [6, 6.07) is 2.22. The number of hydrogen-bond donors (Lipinski definition) is 0. The van der Waals surface area contributed by atoms with Gasteiger partial charge < -0.3 is 0 Å². The highest BCUT2D eigenvalue weighted by Crippen LogP contribution is 2.27. The van der Waals surface area contributed by atoms with Crippen molar-refractivity contribution >= 4 is 0 Å². The normalized spacial score (nSPS) is 20.7. The van der Waals surface area contributed by atoms with Crippen molar-refractivity contribution in [3.05, 3.63) is 53.4 Å². The van der Waals surface area contributed by atoms with E-state index in [2.05, 4.69) is 43.1 Å². The molecule has 14 heavy (non-hydrogen) atoms. The molecule has 1 aromatic rings. The molecule has 0 saturated heterocycles. The van der Waals surface area contributed by atoms with Gasteiger partial charge in [-0.15, -0.1) is 0 Å². The Hall–Kier alpha value is -1.37. The quantitative estimate of drug-likeness (QED) is 0.653. The minimum absolute atomic E-state index is 0.521. The fourth-order valence-corrected chi connectivity index (χ4v) is 1.85. The zero-order chi connectivity index (χ0) is 9.97. The van der Waals surface area contributed by atoms with Crippen LogP contribution in [0, 0.1) is 6.92 Å². The van der Waals surface area contributed by atoms with Crippen LogP contribution in [0.2, 0.25) is 0 Å². The number of nitrogens with zero attached hydrogens (tertiary/aromatic N) is 1. The predicted octanol–water partition coefficient (Wildman–Crippen LogP) is 3.38. The van der Waals surface area contributed by atoms with Crippen LogP contribution in [0.3, 0.4) is 0 Å². The van der Waals surface area contributed by atoms with Gasteiger partial charge in [0.25, 0.3) is 0 Å². The average molecular weight is 185 g/mol. The summed E-state index contributed by atoms with van der Waals surface area (Å²) in [6.07, 6.45) is 11.6. The lowest BCUT2D eigenvalue weighted by molar-refractivity contribution is 0.806. The summed E-state index contributed by atoms with van der Waals surface area (Å²) >= 11 is 0. The van der Waals surface area contributed by atoms with Crippen LogP contribution < -0.4 is 0 Å². The molecule has 0 bridgehead atoms. The first kappa shape index (κ1) is 9.20. The zero-order valence-electron chi connectivity index (χ0n) is 8.70. The number of pyridine rings is 1. The Kier molecular flexibility index (Phi) is 2.49. The molecule has 1 unspecified atom stereocenters.